The molecule has 0 amide bonds. The van der Waals surface area contributed by atoms with E-state index in [1.807, 2.05) is 11.3 Å². The van der Waals surface area contributed by atoms with Crippen molar-refractivity contribution in [3.8, 4) is 33.4 Å². The van der Waals surface area contributed by atoms with E-state index in [0.717, 1.165) is 42.7 Å². The molecule has 62 heavy (non-hydrogen) atoms. The first-order chi connectivity index (χ1) is 30.5. The normalized spacial score (nSPS) is 20.1. The highest BCUT2D eigenvalue weighted by Gasteiger charge is 2.35. The van der Waals surface area contributed by atoms with E-state index in [1.54, 1.807) is 0 Å². The third-order valence-corrected chi connectivity index (χ3v) is 14.8. The van der Waals surface area contributed by atoms with Crippen molar-refractivity contribution in [2.45, 2.75) is 52.5 Å². The zero-order chi connectivity index (χ0) is 41.7. The predicted octanol–water partition coefficient (Wildman–Crippen LogP) is 16.5. The number of furan rings is 1. The van der Waals surface area contributed by atoms with Gasteiger partial charge in [0.1, 0.15) is 11.3 Å². The summed E-state index contributed by atoms with van der Waals surface area (Å²) in [5, 5.41) is 3.82. The number of allylic oxidation sites excluding steroid dienone is 3. The second kappa shape index (κ2) is 16.0. The van der Waals surface area contributed by atoms with Gasteiger partial charge in [-0.15, -0.1) is 11.3 Å². The summed E-state index contributed by atoms with van der Waals surface area (Å²) in [4.78, 5) is 5.96. The van der Waals surface area contributed by atoms with E-state index in [4.69, 9.17) is 9.41 Å². The average Bonchev–Trinajstić information content (AvgIpc) is 3.91. The summed E-state index contributed by atoms with van der Waals surface area (Å²) < 4.78 is 9.58. The van der Waals surface area contributed by atoms with Crippen LogP contribution in [0.15, 0.2) is 191 Å². The van der Waals surface area contributed by atoms with Crippen LogP contribution in [0, 0.1) is 11.8 Å². The van der Waals surface area contributed by atoms with E-state index >= 15 is 0 Å². The summed E-state index contributed by atoms with van der Waals surface area (Å²) >= 11 is 1.88. The van der Waals surface area contributed by atoms with Crippen LogP contribution >= 0.6 is 11.3 Å². The number of thiophene rings is 1. The molecule has 1 aliphatic carbocycles. The van der Waals surface area contributed by atoms with E-state index < -0.39 is 0 Å². The lowest BCUT2D eigenvalue weighted by molar-refractivity contribution is 0.470. The molecule has 0 spiro atoms. The molecule has 3 heteroatoms. The monoisotopic (exact) mass is 819 g/mol. The Kier molecular flexibility index (Phi) is 9.93. The SMILES string of the molecule is CCC1C/C(c2ccccc2)=C(\C)C(C)/C(c2ccc(-c3ccccc3)cc2)=N\C1C1=CCCc2oc3cc(-c4cccc5sc6cccc(-c7ccccc7)c6c45)ccc3c21. The Morgan fingerprint density at radius 1 is 0.613 bits per heavy atom. The summed E-state index contributed by atoms with van der Waals surface area (Å²) in [5.74, 6) is 1.53. The van der Waals surface area contributed by atoms with Crippen molar-refractivity contribution in [3.63, 3.8) is 0 Å². The molecule has 0 saturated carbocycles. The van der Waals surface area contributed by atoms with Gasteiger partial charge in [0.15, 0.2) is 0 Å². The van der Waals surface area contributed by atoms with Gasteiger partial charge in [-0.2, -0.15) is 0 Å². The summed E-state index contributed by atoms with van der Waals surface area (Å²) in [6, 6.07) is 62.1. The van der Waals surface area contributed by atoms with E-state index in [-0.39, 0.29) is 12.0 Å². The minimum Gasteiger partial charge on any atom is -0.460 e. The second-order valence-corrected chi connectivity index (χ2v) is 18.2. The van der Waals surface area contributed by atoms with Crippen molar-refractivity contribution in [3.05, 3.63) is 204 Å². The minimum absolute atomic E-state index is 0.0279. The van der Waals surface area contributed by atoms with E-state index in [9.17, 15) is 0 Å². The van der Waals surface area contributed by atoms with Gasteiger partial charge in [-0.05, 0) is 106 Å². The molecule has 2 aliphatic rings. The summed E-state index contributed by atoms with van der Waals surface area (Å²) in [5.41, 5.74) is 17.4. The van der Waals surface area contributed by atoms with Gasteiger partial charge >= 0.3 is 0 Å². The van der Waals surface area contributed by atoms with Crippen LogP contribution in [0.3, 0.4) is 0 Å². The summed E-state index contributed by atoms with van der Waals surface area (Å²) in [6.45, 7) is 7.06. The predicted molar refractivity (Wildman–Crippen MR) is 265 cm³/mol. The van der Waals surface area contributed by atoms with Gasteiger partial charge in [0.2, 0.25) is 0 Å². The van der Waals surface area contributed by atoms with Crippen LogP contribution in [0.1, 0.15) is 62.5 Å². The number of hydrogen-bond donors (Lipinski definition) is 0. The van der Waals surface area contributed by atoms with Crippen LogP contribution in [-0.2, 0) is 6.42 Å². The Labute approximate surface area is 368 Å². The molecule has 0 fully saturated rings. The Bertz CT molecular complexity index is 3200. The smallest absolute Gasteiger partial charge is 0.135 e. The van der Waals surface area contributed by atoms with Crippen LogP contribution in [0.2, 0.25) is 0 Å². The van der Waals surface area contributed by atoms with Gasteiger partial charge in [0.25, 0.3) is 0 Å². The number of benzene rings is 7. The summed E-state index contributed by atoms with van der Waals surface area (Å²) in [6.07, 6.45) is 6.31. The maximum absolute atomic E-state index is 6.97. The van der Waals surface area contributed by atoms with Gasteiger partial charge in [-0.3, -0.25) is 4.99 Å². The van der Waals surface area contributed by atoms with Crippen LogP contribution in [-0.4, -0.2) is 11.8 Å². The lowest BCUT2D eigenvalue weighted by Gasteiger charge is -2.34. The zero-order valence-electron chi connectivity index (χ0n) is 35.6. The minimum atomic E-state index is -0.0279. The number of aryl methyl sites for hydroxylation is 1. The first-order valence-electron chi connectivity index (χ1n) is 22.3. The maximum atomic E-state index is 6.97. The van der Waals surface area contributed by atoms with Gasteiger partial charge in [-0.25, -0.2) is 0 Å². The molecular formula is C59H49NOS. The summed E-state index contributed by atoms with van der Waals surface area (Å²) in [7, 11) is 0. The molecule has 11 rings (SSSR count). The third kappa shape index (κ3) is 6.67. The number of nitrogens with zero attached hydrogens (tertiary/aromatic N) is 1. The van der Waals surface area contributed by atoms with Crippen LogP contribution in [0.4, 0.5) is 0 Å². The van der Waals surface area contributed by atoms with E-state index in [2.05, 4.69) is 197 Å². The van der Waals surface area contributed by atoms with Gasteiger partial charge in [0, 0.05) is 49.2 Å². The quantitative estimate of drug-likeness (QED) is 0.157. The molecule has 3 unspecified atom stereocenters. The molecule has 2 aromatic heterocycles. The average molecular weight is 820 g/mol. The first-order valence-corrected chi connectivity index (χ1v) is 23.1. The van der Waals surface area contributed by atoms with Crippen LogP contribution in [0.25, 0.3) is 75.7 Å². The number of hydrogen-bond acceptors (Lipinski definition) is 3. The molecule has 0 saturated heterocycles. The molecule has 3 heterocycles. The lowest BCUT2D eigenvalue weighted by atomic mass is 9.75. The van der Waals surface area contributed by atoms with Crippen molar-refractivity contribution in [1.82, 2.24) is 0 Å². The van der Waals surface area contributed by atoms with E-state index in [1.165, 1.54) is 92.3 Å². The fraction of sp³-hybridized carbons (Fsp3) is 0.169. The first kappa shape index (κ1) is 38.4. The largest absolute Gasteiger partial charge is 0.460 e. The fourth-order valence-electron chi connectivity index (χ4n) is 10.3. The number of aliphatic imine (C=N–C) groups is 1. The van der Waals surface area contributed by atoms with Gasteiger partial charge in [0.05, 0.1) is 6.04 Å². The number of fused-ring (bicyclic) bond motifs is 6. The Hall–Kier alpha value is -6.55. The Morgan fingerprint density at radius 2 is 1.19 bits per heavy atom. The molecule has 7 aromatic carbocycles. The standard InChI is InChI=1S/C59H49NOS/c1-4-39-35-50(43-21-12-7-13-22-43)37(2)38(3)58(44-31-29-41(30-32-44)40-17-8-5-9-18-40)60-59(39)49-25-14-26-51-55(49)48-34-33-45(36-52(48)61-51)47-24-16-28-54-57(47)56-46(23-15-27-53(56)62-54)42-19-10-6-11-20-42/h5-13,15-25,27-34,36,38-39,59H,4,14,26,35H2,1-3H3/b50-37-,60-58+. The molecule has 2 nitrogen and oxygen atoms in total. The van der Waals surface area contributed by atoms with Crippen molar-refractivity contribution in [1.29, 1.82) is 0 Å². The van der Waals surface area contributed by atoms with Crippen LogP contribution < -0.4 is 0 Å². The molecule has 0 bridgehead atoms. The molecule has 1 aliphatic heterocycles. The van der Waals surface area contributed by atoms with Crippen LogP contribution in [0.5, 0.6) is 0 Å². The van der Waals surface area contributed by atoms with E-state index in [0.29, 0.717) is 5.92 Å². The topological polar surface area (TPSA) is 25.5 Å². The Morgan fingerprint density at radius 3 is 1.85 bits per heavy atom. The highest BCUT2D eigenvalue weighted by Crippen LogP contribution is 2.48. The second-order valence-electron chi connectivity index (χ2n) is 17.2. The molecule has 3 atom stereocenters. The van der Waals surface area contributed by atoms with Gasteiger partial charge in [-0.1, -0.05) is 178 Å². The lowest BCUT2D eigenvalue weighted by Crippen LogP contribution is -2.29. The molecule has 9 aromatic rings. The molecular weight excluding hydrogens is 771 g/mol. The maximum Gasteiger partial charge on any atom is 0.135 e. The zero-order valence-corrected chi connectivity index (χ0v) is 36.4. The molecule has 0 N–H and O–H groups in total. The molecule has 0 radical (unpaired) electrons. The molecule has 302 valence electrons. The van der Waals surface area contributed by atoms with Gasteiger partial charge < -0.3 is 4.42 Å². The number of rotatable bonds is 7. The Balaban J connectivity index is 1.04. The third-order valence-electron chi connectivity index (χ3n) is 13.7. The van der Waals surface area contributed by atoms with Crippen molar-refractivity contribution >= 4 is 59.3 Å². The van der Waals surface area contributed by atoms with Crippen molar-refractivity contribution in [2.24, 2.45) is 16.8 Å². The fourth-order valence-corrected chi connectivity index (χ4v) is 11.5. The van der Waals surface area contributed by atoms with Crippen molar-refractivity contribution < 1.29 is 4.42 Å². The highest BCUT2D eigenvalue weighted by atomic mass is 32.1. The van der Waals surface area contributed by atoms with Crippen molar-refractivity contribution in [2.75, 3.05) is 0 Å². The highest BCUT2D eigenvalue weighted by molar-refractivity contribution is 7.26.